The molecule has 1 aliphatic rings. The Morgan fingerprint density at radius 2 is 2.04 bits per heavy atom. The van der Waals surface area contributed by atoms with Crippen LogP contribution in [0.25, 0.3) is 0 Å². The van der Waals surface area contributed by atoms with Crippen molar-refractivity contribution in [2.45, 2.75) is 25.7 Å². The fourth-order valence-electron chi connectivity index (χ4n) is 3.18. The predicted molar refractivity (Wildman–Crippen MR) is 105 cm³/mol. The van der Waals surface area contributed by atoms with E-state index in [0.717, 1.165) is 24.4 Å². The van der Waals surface area contributed by atoms with Gasteiger partial charge in [0.25, 0.3) is 0 Å². The zero-order chi connectivity index (χ0) is 18.9. The Bertz CT molecular complexity index is 679. The van der Waals surface area contributed by atoms with E-state index in [2.05, 4.69) is 4.90 Å². The summed E-state index contributed by atoms with van der Waals surface area (Å²) in [6.07, 6.45) is -0.498. The molecule has 3 rings (SSSR count). The van der Waals surface area contributed by atoms with E-state index in [-0.39, 0.29) is 6.10 Å². The third-order valence-corrected chi connectivity index (χ3v) is 4.54. The third-order valence-electron chi connectivity index (χ3n) is 4.54. The molecule has 0 aliphatic carbocycles. The zero-order valence-electron chi connectivity index (χ0n) is 15.9. The van der Waals surface area contributed by atoms with Crippen LogP contribution < -0.4 is 4.74 Å². The highest BCUT2D eigenvalue weighted by Crippen LogP contribution is 2.14. The summed E-state index contributed by atoms with van der Waals surface area (Å²) in [6, 6.07) is 18.0. The van der Waals surface area contributed by atoms with Gasteiger partial charge in [-0.1, -0.05) is 42.5 Å². The molecule has 1 heterocycles. The second kappa shape index (κ2) is 10.4. The summed E-state index contributed by atoms with van der Waals surface area (Å²) >= 11 is 0. The second-order valence-corrected chi connectivity index (χ2v) is 7.03. The van der Waals surface area contributed by atoms with E-state index >= 15 is 0 Å². The van der Waals surface area contributed by atoms with Gasteiger partial charge in [-0.05, 0) is 30.2 Å². The summed E-state index contributed by atoms with van der Waals surface area (Å²) in [5.41, 5.74) is 2.29. The molecule has 5 nitrogen and oxygen atoms in total. The van der Waals surface area contributed by atoms with Crippen molar-refractivity contribution in [1.82, 2.24) is 4.90 Å². The van der Waals surface area contributed by atoms with E-state index in [9.17, 15) is 5.11 Å². The molecule has 0 bridgehead atoms. The molecule has 2 aromatic rings. The number of nitrogens with zero attached hydrogens (tertiary/aromatic N) is 1. The molecule has 0 aromatic heterocycles. The summed E-state index contributed by atoms with van der Waals surface area (Å²) in [5.74, 6) is 0.866. The average Bonchev–Trinajstić information content (AvgIpc) is 2.68. The van der Waals surface area contributed by atoms with E-state index in [4.69, 9.17) is 14.2 Å². The molecule has 27 heavy (non-hydrogen) atoms. The number of hydrogen-bond acceptors (Lipinski definition) is 5. The van der Waals surface area contributed by atoms with Gasteiger partial charge in [0.2, 0.25) is 0 Å². The lowest BCUT2D eigenvalue weighted by atomic mass is 10.2. The predicted octanol–water partition coefficient (Wildman–Crippen LogP) is 2.65. The molecule has 2 aromatic carbocycles. The average molecular weight is 371 g/mol. The van der Waals surface area contributed by atoms with Crippen LogP contribution in [0.1, 0.15) is 11.1 Å². The molecule has 2 atom stereocenters. The molecule has 146 valence electrons. The molecule has 1 N–H and O–H groups in total. The number of β-amino-alcohol motifs (C(OH)–C–C–N with tert-alkyl or cyclic N) is 1. The Kier molecular flexibility index (Phi) is 7.66. The van der Waals surface area contributed by atoms with E-state index < -0.39 is 6.10 Å². The van der Waals surface area contributed by atoms with Crippen LogP contribution in [0.2, 0.25) is 0 Å². The van der Waals surface area contributed by atoms with Gasteiger partial charge in [0, 0.05) is 19.6 Å². The second-order valence-electron chi connectivity index (χ2n) is 7.03. The zero-order valence-corrected chi connectivity index (χ0v) is 15.9. The fraction of sp³-hybridized carbons (Fsp3) is 0.455. The van der Waals surface area contributed by atoms with Gasteiger partial charge in [-0.3, -0.25) is 4.90 Å². The van der Waals surface area contributed by atoms with Crippen molar-refractivity contribution >= 4 is 0 Å². The van der Waals surface area contributed by atoms with E-state index in [1.807, 2.05) is 61.5 Å². The van der Waals surface area contributed by atoms with Crippen molar-refractivity contribution in [1.29, 1.82) is 0 Å². The monoisotopic (exact) mass is 371 g/mol. The topological polar surface area (TPSA) is 51.2 Å². The summed E-state index contributed by atoms with van der Waals surface area (Å²) in [6.45, 7) is 6.22. The maximum atomic E-state index is 10.3. The van der Waals surface area contributed by atoms with E-state index in [1.165, 1.54) is 5.56 Å². The van der Waals surface area contributed by atoms with E-state index in [1.54, 1.807) is 0 Å². The first-order valence-electron chi connectivity index (χ1n) is 9.52. The lowest BCUT2D eigenvalue weighted by Crippen LogP contribution is -2.48. The molecule has 1 saturated heterocycles. The number of benzene rings is 2. The molecule has 1 aliphatic heterocycles. The van der Waals surface area contributed by atoms with Gasteiger partial charge >= 0.3 is 0 Å². The normalized spacial score (nSPS) is 19.0. The first kappa shape index (κ1) is 19.8. The highest BCUT2D eigenvalue weighted by atomic mass is 16.5. The highest BCUT2D eigenvalue weighted by molar-refractivity contribution is 5.27. The molecule has 0 amide bonds. The molecular weight excluding hydrogens is 342 g/mol. The van der Waals surface area contributed by atoms with Gasteiger partial charge in [-0.15, -0.1) is 0 Å². The van der Waals surface area contributed by atoms with Crippen LogP contribution in [0.15, 0.2) is 54.6 Å². The number of morpholine rings is 1. The van der Waals surface area contributed by atoms with Crippen molar-refractivity contribution in [3.63, 3.8) is 0 Å². The van der Waals surface area contributed by atoms with Crippen molar-refractivity contribution in [2.24, 2.45) is 0 Å². The summed E-state index contributed by atoms with van der Waals surface area (Å²) in [7, 11) is 0. The molecule has 0 spiro atoms. The van der Waals surface area contributed by atoms with Crippen LogP contribution in [0.4, 0.5) is 0 Å². The van der Waals surface area contributed by atoms with Crippen LogP contribution in [-0.4, -0.2) is 61.7 Å². The van der Waals surface area contributed by atoms with Gasteiger partial charge in [0.05, 0.1) is 25.9 Å². The molecule has 2 unspecified atom stereocenters. The van der Waals surface area contributed by atoms with E-state index in [0.29, 0.717) is 33.0 Å². The van der Waals surface area contributed by atoms with Crippen molar-refractivity contribution in [3.8, 4) is 5.75 Å². The van der Waals surface area contributed by atoms with Crippen molar-refractivity contribution in [2.75, 3.05) is 39.5 Å². The maximum absolute atomic E-state index is 10.3. The van der Waals surface area contributed by atoms with Crippen LogP contribution in [-0.2, 0) is 16.1 Å². The summed E-state index contributed by atoms with van der Waals surface area (Å²) in [5, 5.41) is 10.3. The number of ether oxygens (including phenoxy) is 3. The van der Waals surface area contributed by atoms with Crippen LogP contribution >= 0.6 is 0 Å². The number of aliphatic hydroxyl groups excluding tert-OH is 1. The number of hydrogen-bond donors (Lipinski definition) is 1. The van der Waals surface area contributed by atoms with Gasteiger partial charge in [0.1, 0.15) is 18.5 Å². The third kappa shape index (κ3) is 6.96. The van der Waals surface area contributed by atoms with Gasteiger partial charge in [-0.25, -0.2) is 0 Å². The Labute approximate surface area is 161 Å². The molecular formula is C22H29NO4. The minimum atomic E-state index is -0.509. The molecule has 1 fully saturated rings. The molecule has 5 heteroatoms. The van der Waals surface area contributed by atoms with Crippen molar-refractivity contribution < 1.29 is 19.3 Å². The SMILES string of the molecule is Cc1cccc(OCC2CN(CC(O)COCc3ccccc3)CCO2)c1. The van der Waals surface area contributed by atoms with Crippen molar-refractivity contribution in [3.05, 3.63) is 65.7 Å². The summed E-state index contributed by atoms with van der Waals surface area (Å²) < 4.78 is 17.3. The first-order chi connectivity index (χ1) is 13.2. The van der Waals surface area contributed by atoms with Crippen LogP contribution in [0.3, 0.4) is 0 Å². The molecule has 0 saturated carbocycles. The minimum absolute atomic E-state index is 0.0108. The van der Waals surface area contributed by atoms with Gasteiger partial charge < -0.3 is 19.3 Å². The Morgan fingerprint density at radius 3 is 2.85 bits per heavy atom. The smallest absolute Gasteiger partial charge is 0.119 e. The first-order valence-corrected chi connectivity index (χ1v) is 9.52. The minimum Gasteiger partial charge on any atom is -0.491 e. The Balaban J connectivity index is 1.36. The molecule has 0 radical (unpaired) electrons. The van der Waals surface area contributed by atoms with Crippen LogP contribution in [0.5, 0.6) is 5.75 Å². The standard InChI is InChI=1S/C22H29NO4/c1-18-6-5-9-21(12-18)27-17-22-14-23(10-11-26-22)13-20(24)16-25-15-19-7-3-2-4-8-19/h2-9,12,20,22,24H,10-11,13-17H2,1H3. The number of rotatable bonds is 9. The lowest BCUT2D eigenvalue weighted by Gasteiger charge is -2.33. The fourth-order valence-corrected chi connectivity index (χ4v) is 3.18. The van der Waals surface area contributed by atoms with Gasteiger partial charge in [-0.2, -0.15) is 0 Å². The summed E-state index contributed by atoms with van der Waals surface area (Å²) in [4.78, 5) is 2.21. The van der Waals surface area contributed by atoms with Crippen LogP contribution in [0, 0.1) is 6.92 Å². The maximum Gasteiger partial charge on any atom is 0.119 e. The lowest BCUT2D eigenvalue weighted by molar-refractivity contribution is -0.0654. The number of aliphatic hydroxyl groups is 1. The number of aryl methyl sites for hydroxylation is 1. The highest BCUT2D eigenvalue weighted by Gasteiger charge is 2.23. The Hall–Kier alpha value is -1.92. The Morgan fingerprint density at radius 1 is 1.19 bits per heavy atom. The largest absolute Gasteiger partial charge is 0.491 e. The van der Waals surface area contributed by atoms with Gasteiger partial charge in [0.15, 0.2) is 0 Å². The quantitative estimate of drug-likeness (QED) is 0.734.